The van der Waals surface area contributed by atoms with E-state index in [0.29, 0.717) is 10.8 Å². The molecule has 0 atom stereocenters. The van der Waals surface area contributed by atoms with Crippen LogP contribution < -0.4 is 20.6 Å². The summed E-state index contributed by atoms with van der Waals surface area (Å²) in [5.41, 5.74) is -0.0999. The third kappa shape index (κ3) is 8.73. The summed E-state index contributed by atoms with van der Waals surface area (Å²) in [4.78, 5) is 33.8. The minimum atomic E-state index is -0.0500. The van der Waals surface area contributed by atoms with E-state index in [1.807, 2.05) is 48.5 Å². The summed E-state index contributed by atoms with van der Waals surface area (Å²) in [5.74, 6) is 3.16. The molecule has 0 unspecified atom stereocenters. The Bertz CT molecular complexity index is 1490. The van der Waals surface area contributed by atoms with Gasteiger partial charge < -0.3 is 29.2 Å². The van der Waals surface area contributed by atoms with Crippen LogP contribution in [-0.2, 0) is 0 Å². The molecule has 0 aliphatic carbocycles. The molecule has 2 saturated heterocycles. The summed E-state index contributed by atoms with van der Waals surface area (Å²) >= 11 is 0. The van der Waals surface area contributed by atoms with Crippen molar-refractivity contribution in [2.24, 2.45) is 11.8 Å². The maximum atomic E-state index is 11.7. The molecule has 4 heterocycles. The van der Waals surface area contributed by atoms with E-state index < -0.39 is 0 Å². The molecule has 2 aliphatic heterocycles. The molecule has 2 aliphatic rings. The van der Waals surface area contributed by atoms with Gasteiger partial charge >= 0.3 is 0 Å². The lowest BCUT2D eigenvalue weighted by atomic mass is 10.1. The number of piperidine rings is 2. The summed E-state index contributed by atoms with van der Waals surface area (Å²) in [6.07, 6.45) is 8.20. The maximum absolute atomic E-state index is 11.7. The van der Waals surface area contributed by atoms with E-state index in [9.17, 15) is 9.59 Å². The number of aromatic nitrogens is 2. The van der Waals surface area contributed by atoms with Crippen LogP contribution in [0.1, 0.15) is 53.4 Å². The second-order valence-corrected chi connectivity index (χ2v) is 13.1. The molecule has 6 rings (SSSR count). The van der Waals surface area contributed by atoms with Crippen molar-refractivity contribution >= 4 is 21.5 Å². The standard InChI is InChI=1S/2C18H24N2O2/c2*1-13(2)12-20-9-6-15(7-10-20)22-16-3-4-17-14(11-16)5-8-19-18(17)21/h2*3-5,8,11,13,15H,6-7,9-10,12H2,1-2H3,(H,19,21). The summed E-state index contributed by atoms with van der Waals surface area (Å²) in [6.45, 7) is 15.8. The number of hydrogen-bond acceptors (Lipinski definition) is 6. The minimum Gasteiger partial charge on any atom is -0.490 e. The molecular formula is C36H48N4O4. The second-order valence-electron chi connectivity index (χ2n) is 13.1. The summed E-state index contributed by atoms with van der Waals surface area (Å²) in [5, 5.41) is 3.28. The Balaban J connectivity index is 0.000000175. The van der Waals surface area contributed by atoms with Gasteiger partial charge in [-0.15, -0.1) is 0 Å². The Hall–Kier alpha value is -3.62. The van der Waals surface area contributed by atoms with Gasteiger partial charge in [-0.05, 0) is 96.8 Å². The zero-order valence-electron chi connectivity index (χ0n) is 26.7. The van der Waals surface area contributed by atoms with Gasteiger partial charge in [0.15, 0.2) is 0 Å². The van der Waals surface area contributed by atoms with Crippen molar-refractivity contribution in [2.75, 3.05) is 39.3 Å². The predicted molar refractivity (Wildman–Crippen MR) is 179 cm³/mol. The van der Waals surface area contributed by atoms with Crippen LogP contribution in [0, 0.1) is 11.8 Å². The van der Waals surface area contributed by atoms with Crippen LogP contribution in [-0.4, -0.2) is 71.2 Å². The van der Waals surface area contributed by atoms with Crippen molar-refractivity contribution < 1.29 is 9.47 Å². The van der Waals surface area contributed by atoms with Gasteiger partial charge in [0.1, 0.15) is 23.7 Å². The fraction of sp³-hybridized carbons (Fsp3) is 0.500. The molecule has 2 aromatic carbocycles. The number of aromatic amines is 2. The molecule has 0 bridgehead atoms. The van der Waals surface area contributed by atoms with Crippen LogP contribution in [0.15, 0.2) is 70.5 Å². The van der Waals surface area contributed by atoms with E-state index in [1.54, 1.807) is 12.4 Å². The van der Waals surface area contributed by atoms with E-state index in [4.69, 9.17) is 9.47 Å². The van der Waals surface area contributed by atoms with E-state index >= 15 is 0 Å². The smallest absolute Gasteiger partial charge is 0.255 e. The highest BCUT2D eigenvalue weighted by Crippen LogP contribution is 2.24. The number of likely N-dealkylation sites (tertiary alicyclic amines) is 2. The van der Waals surface area contributed by atoms with Crippen molar-refractivity contribution in [3.8, 4) is 11.5 Å². The molecule has 8 nitrogen and oxygen atoms in total. The number of nitrogens with one attached hydrogen (secondary N) is 2. The zero-order chi connectivity index (χ0) is 31.1. The van der Waals surface area contributed by atoms with Crippen LogP contribution in [0.2, 0.25) is 0 Å². The van der Waals surface area contributed by atoms with Gasteiger partial charge in [0, 0.05) is 62.4 Å². The highest BCUT2D eigenvalue weighted by molar-refractivity contribution is 5.83. The first kappa shape index (κ1) is 31.8. The molecule has 2 aromatic heterocycles. The fourth-order valence-corrected chi connectivity index (χ4v) is 6.32. The first-order valence-electron chi connectivity index (χ1n) is 16.2. The number of benzene rings is 2. The largest absolute Gasteiger partial charge is 0.490 e. The number of nitrogens with zero attached hydrogens (tertiary/aromatic N) is 2. The predicted octanol–water partition coefficient (Wildman–Crippen LogP) is 6.05. The second kappa shape index (κ2) is 14.9. The highest BCUT2D eigenvalue weighted by Gasteiger charge is 2.22. The summed E-state index contributed by atoms with van der Waals surface area (Å²) in [6, 6.07) is 15.2. The first-order chi connectivity index (χ1) is 21.2. The fourth-order valence-electron chi connectivity index (χ4n) is 6.32. The van der Waals surface area contributed by atoms with Gasteiger partial charge in [0.25, 0.3) is 11.1 Å². The van der Waals surface area contributed by atoms with Gasteiger partial charge in [0.2, 0.25) is 0 Å². The molecule has 4 aromatic rings. The monoisotopic (exact) mass is 600 g/mol. The van der Waals surface area contributed by atoms with E-state index in [-0.39, 0.29) is 23.3 Å². The van der Waals surface area contributed by atoms with E-state index in [0.717, 1.165) is 86.0 Å². The molecule has 0 saturated carbocycles. The average molecular weight is 601 g/mol. The number of fused-ring (bicyclic) bond motifs is 2. The van der Waals surface area contributed by atoms with Crippen molar-refractivity contribution in [1.82, 2.24) is 19.8 Å². The molecule has 2 fully saturated rings. The summed E-state index contributed by atoms with van der Waals surface area (Å²) < 4.78 is 12.2. The Morgan fingerprint density at radius 3 is 1.39 bits per heavy atom. The van der Waals surface area contributed by atoms with E-state index in [1.165, 1.54) is 13.1 Å². The van der Waals surface area contributed by atoms with Gasteiger partial charge in [-0.1, -0.05) is 27.7 Å². The number of pyridine rings is 2. The molecule has 236 valence electrons. The van der Waals surface area contributed by atoms with Crippen molar-refractivity contribution in [1.29, 1.82) is 0 Å². The normalized spacial score (nSPS) is 17.2. The van der Waals surface area contributed by atoms with Crippen molar-refractivity contribution in [3.05, 3.63) is 81.6 Å². The van der Waals surface area contributed by atoms with Gasteiger partial charge in [-0.3, -0.25) is 9.59 Å². The molecule has 8 heteroatoms. The lowest BCUT2D eigenvalue weighted by Crippen LogP contribution is -2.39. The zero-order valence-corrected chi connectivity index (χ0v) is 26.7. The summed E-state index contributed by atoms with van der Waals surface area (Å²) in [7, 11) is 0. The third-order valence-electron chi connectivity index (χ3n) is 8.41. The number of H-pyrrole nitrogens is 2. The van der Waals surface area contributed by atoms with Crippen LogP contribution in [0.4, 0.5) is 0 Å². The lowest BCUT2D eigenvalue weighted by Gasteiger charge is -2.33. The highest BCUT2D eigenvalue weighted by atomic mass is 16.5. The number of hydrogen-bond donors (Lipinski definition) is 2. The quantitative estimate of drug-likeness (QED) is 0.256. The van der Waals surface area contributed by atoms with E-state index in [2.05, 4.69) is 47.5 Å². The molecular weight excluding hydrogens is 552 g/mol. The first-order valence-corrected chi connectivity index (χ1v) is 16.2. The Morgan fingerprint density at radius 1 is 0.636 bits per heavy atom. The molecule has 2 N–H and O–H groups in total. The van der Waals surface area contributed by atoms with Crippen LogP contribution in [0.25, 0.3) is 21.5 Å². The molecule has 0 radical (unpaired) electrons. The van der Waals surface area contributed by atoms with Gasteiger partial charge in [-0.25, -0.2) is 0 Å². The SMILES string of the molecule is CC(C)CN1CCC(Oc2ccc3c(=O)[nH]ccc3c2)CC1.CC(C)CN1CCC(Oc2ccc3c(=O)[nH]ccc3c2)CC1. The molecule has 0 spiro atoms. The third-order valence-corrected chi connectivity index (χ3v) is 8.41. The number of ether oxygens (including phenoxy) is 2. The minimum absolute atomic E-state index is 0.0500. The van der Waals surface area contributed by atoms with Crippen LogP contribution in [0.5, 0.6) is 11.5 Å². The molecule has 0 amide bonds. The Morgan fingerprint density at radius 2 is 1.02 bits per heavy atom. The lowest BCUT2D eigenvalue weighted by molar-refractivity contribution is 0.0942. The topological polar surface area (TPSA) is 90.7 Å². The van der Waals surface area contributed by atoms with Crippen LogP contribution in [0.3, 0.4) is 0 Å². The maximum Gasteiger partial charge on any atom is 0.255 e. The average Bonchev–Trinajstić information content (AvgIpc) is 2.99. The van der Waals surface area contributed by atoms with Gasteiger partial charge in [-0.2, -0.15) is 0 Å². The Labute approximate surface area is 260 Å². The molecule has 44 heavy (non-hydrogen) atoms. The number of rotatable bonds is 8. The van der Waals surface area contributed by atoms with Crippen LogP contribution >= 0.6 is 0 Å². The van der Waals surface area contributed by atoms with Crippen molar-refractivity contribution in [3.63, 3.8) is 0 Å². The Kier molecular flexibility index (Phi) is 10.8. The van der Waals surface area contributed by atoms with Gasteiger partial charge in [0.05, 0.1) is 0 Å². The van der Waals surface area contributed by atoms with Crippen molar-refractivity contribution in [2.45, 2.75) is 65.6 Å².